The molecule has 0 aromatic carbocycles. The molecule has 0 saturated heterocycles. The van der Waals surface area contributed by atoms with Crippen LogP contribution in [0.1, 0.15) is 74.5 Å². The second-order valence-electron chi connectivity index (χ2n) is 4.87. The van der Waals surface area contributed by atoms with E-state index >= 15 is 0 Å². The van der Waals surface area contributed by atoms with Gasteiger partial charge in [0.15, 0.2) is 0 Å². The van der Waals surface area contributed by atoms with Gasteiger partial charge < -0.3 is 5.32 Å². The standard InChI is InChI=1S/C15H28N2S/c1-5-8-9-10-11-14(16-7-3)15-17-13(6-2)12(4)18-15/h14,16H,5-11H2,1-4H3. The third kappa shape index (κ3) is 4.69. The summed E-state index contributed by atoms with van der Waals surface area (Å²) in [6, 6.07) is 0.468. The van der Waals surface area contributed by atoms with Gasteiger partial charge >= 0.3 is 0 Å². The Morgan fingerprint density at radius 2 is 1.94 bits per heavy atom. The number of aromatic nitrogens is 1. The van der Waals surface area contributed by atoms with Crippen molar-refractivity contribution in [1.29, 1.82) is 0 Å². The maximum atomic E-state index is 4.80. The van der Waals surface area contributed by atoms with Gasteiger partial charge in [-0.2, -0.15) is 0 Å². The molecule has 0 spiro atoms. The molecule has 0 fully saturated rings. The van der Waals surface area contributed by atoms with E-state index in [1.807, 2.05) is 11.3 Å². The van der Waals surface area contributed by atoms with Gasteiger partial charge in [-0.3, -0.25) is 0 Å². The lowest BCUT2D eigenvalue weighted by Crippen LogP contribution is -2.20. The number of nitrogens with one attached hydrogen (secondary N) is 1. The fourth-order valence-electron chi connectivity index (χ4n) is 2.26. The highest BCUT2D eigenvalue weighted by molar-refractivity contribution is 7.11. The third-order valence-electron chi connectivity index (χ3n) is 3.34. The Bertz CT molecular complexity index is 333. The Morgan fingerprint density at radius 1 is 1.17 bits per heavy atom. The highest BCUT2D eigenvalue weighted by atomic mass is 32.1. The van der Waals surface area contributed by atoms with Crippen LogP contribution in [0.15, 0.2) is 0 Å². The van der Waals surface area contributed by atoms with Crippen LogP contribution in [0.2, 0.25) is 0 Å². The van der Waals surface area contributed by atoms with Crippen LogP contribution in [0.4, 0.5) is 0 Å². The van der Waals surface area contributed by atoms with E-state index < -0.39 is 0 Å². The van der Waals surface area contributed by atoms with Crippen molar-refractivity contribution in [3.8, 4) is 0 Å². The molecule has 104 valence electrons. The van der Waals surface area contributed by atoms with Gasteiger partial charge in [0.05, 0.1) is 11.7 Å². The Kier molecular flexibility index (Phi) is 7.52. The van der Waals surface area contributed by atoms with E-state index in [1.54, 1.807) is 0 Å². The highest BCUT2D eigenvalue weighted by Crippen LogP contribution is 2.27. The SMILES string of the molecule is CCCCCCC(NCC)c1nc(CC)c(C)s1. The van der Waals surface area contributed by atoms with Gasteiger partial charge in [-0.25, -0.2) is 4.98 Å². The number of hydrogen-bond acceptors (Lipinski definition) is 3. The van der Waals surface area contributed by atoms with Crippen molar-refractivity contribution in [2.45, 2.75) is 72.3 Å². The molecule has 0 aliphatic carbocycles. The normalized spacial score (nSPS) is 12.9. The van der Waals surface area contributed by atoms with Crippen molar-refractivity contribution in [3.05, 3.63) is 15.6 Å². The van der Waals surface area contributed by atoms with Crippen LogP contribution in [0.5, 0.6) is 0 Å². The monoisotopic (exact) mass is 268 g/mol. The minimum absolute atomic E-state index is 0.468. The van der Waals surface area contributed by atoms with Crippen LogP contribution in [0, 0.1) is 6.92 Å². The van der Waals surface area contributed by atoms with E-state index in [0.717, 1.165) is 13.0 Å². The Balaban J connectivity index is 2.58. The van der Waals surface area contributed by atoms with E-state index in [0.29, 0.717) is 6.04 Å². The number of aryl methyl sites for hydroxylation is 2. The Morgan fingerprint density at radius 3 is 2.50 bits per heavy atom. The maximum Gasteiger partial charge on any atom is 0.110 e. The molecule has 0 bridgehead atoms. The number of hydrogen-bond donors (Lipinski definition) is 1. The molecule has 1 atom stereocenters. The van der Waals surface area contributed by atoms with Crippen LogP contribution in [0.25, 0.3) is 0 Å². The zero-order chi connectivity index (χ0) is 13.4. The second kappa shape index (κ2) is 8.65. The summed E-state index contributed by atoms with van der Waals surface area (Å²) in [5, 5.41) is 4.88. The quantitative estimate of drug-likeness (QED) is 0.660. The van der Waals surface area contributed by atoms with Crippen LogP contribution < -0.4 is 5.32 Å². The minimum atomic E-state index is 0.468. The molecular formula is C15H28N2S. The van der Waals surface area contributed by atoms with Gasteiger partial charge in [0.1, 0.15) is 5.01 Å². The topological polar surface area (TPSA) is 24.9 Å². The van der Waals surface area contributed by atoms with Crippen molar-refractivity contribution in [1.82, 2.24) is 10.3 Å². The average molecular weight is 268 g/mol. The molecule has 0 aliphatic heterocycles. The molecular weight excluding hydrogens is 240 g/mol. The molecule has 2 nitrogen and oxygen atoms in total. The molecule has 1 rings (SSSR count). The van der Waals surface area contributed by atoms with Crippen LogP contribution >= 0.6 is 11.3 Å². The van der Waals surface area contributed by atoms with Gasteiger partial charge in [0, 0.05) is 4.88 Å². The van der Waals surface area contributed by atoms with Crippen molar-refractivity contribution in [2.75, 3.05) is 6.54 Å². The minimum Gasteiger partial charge on any atom is -0.308 e. The van der Waals surface area contributed by atoms with Crippen LogP contribution in [-0.2, 0) is 6.42 Å². The second-order valence-corrected chi connectivity index (χ2v) is 6.10. The Hall–Kier alpha value is -0.410. The smallest absolute Gasteiger partial charge is 0.110 e. The molecule has 0 saturated carbocycles. The molecule has 3 heteroatoms. The fraction of sp³-hybridized carbons (Fsp3) is 0.800. The van der Waals surface area contributed by atoms with E-state index in [2.05, 4.69) is 33.0 Å². The number of nitrogens with zero attached hydrogens (tertiary/aromatic N) is 1. The predicted octanol–water partition coefficient (Wildman–Crippen LogP) is 4.63. The molecule has 1 N–H and O–H groups in total. The zero-order valence-electron chi connectivity index (χ0n) is 12.4. The first kappa shape index (κ1) is 15.6. The summed E-state index contributed by atoms with van der Waals surface area (Å²) in [5.74, 6) is 0. The van der Waals surface area contributed by atoms with E-state index in [9.17, 15) is 0 Å². The summed E-state index contributed by atoms with van der Waals surface area (Å²) in [4.78, 5) is 6.19. The van der Waals surface area contributed by atoms with Crippen LogP contribution in [-0.4, -0.2) is 11.5 Å². The molecule has 0 radical (unpaired) electrons. The summed E-state index contributed by atoms with van der Waals surface area (Å²) in [6.07, 6.45) is 7.61. The van der Waals surface area contributed by atoms with Gasteiger partial charge in [-0.1, -0.05) is 46.5 Å². The third-order valence-corrected chi connectivity index (χ3v) is 4.47. The lowest BCUT2D eigenvalue weighted by Gasteiger charge is -2.15. The van der Waals surface area contributed by atoms with Crippen molar-refractivity contribution in [2.24, 2.45) is 0 Å². The molecule has 0 aliphatic rings. The largest absolute Gasteiger partial charge is 0.308 e. The van der Waals surface area contributed by atoms with Crippen molar-refractivity contribution < 1.29 is 0 Å². The van der Waals surface area contributed by atoms with Crippen molar-refractivity contribution >= 4 is 11.3 Å². The first-order valence-electron chi connectivity index (χ1n) is 7.42. The maximum absolute atomic E-state index is 4.80. The van der Waals surface area contributed by atoms with Crippen molar-refractivity contribution in [3.63, 3.8) is 0 Å². The number of thiazole rings is 1. The van der Waals surface area contributed by atoms with E-state index in [1.165, 1.54) is 47.7 Å². The first-order valence-corrected chi connectivity index (χ1v) is 8.24. The number of rotatable bonds is 9. The Labute approximate surface area is 116 Å². The van der Waals surface area contributed by atoms with E-state index in [4.69, 9.17) is 4.98 Å². The van der Waals surface area contributed by atoms with Gasteiger partial charge in [0.25, 0.3) is 0 Å². The van der Waals surface area contributed by atoms with Gasteiger partial charge in [-0.15, -0.1) is 11.3 Å². The molecule has 1 heterocycles. The van der Waals surface area contributed by atoms with E-state index in [-0.39, 0.29) is 0 Å². The molecule has 1 aromatic rings. The summed E-state index contributed by atoms with van der Waals surface area (Å²) in [5.41, 5.74) is 1.28. The average Bonchev–Trinajstić information content (AvgIpc) is 2.74. The van der Waals surface area contributed by atoms with Gasteiger partial charge in [0.2, 0.25) is 0 Å². The molecule has 1 aromatic heterocycles. The highest BCUT2D eigenvalue weighted by Gasteiger charge is 2.15. The van der Waals surface area contributed by atoms with Crippen LogP contribution in [0.3, 0.4) is 0 Å². The predicted molar refractivity (Wildman–Crippen MR) is 81.4 cm³/mol. The lowest BCUT2D eigenvalue weighted by atomic mass is 10.1. The summed E-state index contributed by atoms with van der Waals surface area (Å²) < 4.78 is 0. The van der Waals surface area contributed by atoms with Gasteiger partial charge in [-0.05, 0) is 26.3 Å². The first-order chi connectivity index (χ1) is 8.72. The summed E-state index contributed by atoms with van der Waals surface area (Å²) in [7, 11) is 0. The fourth-order valence-corrected chi connectivity index (χ4v) is 3.38. The summed E-state index contributed by atoms with van der Waals surface area (Å²) in [6.45, 7) is 9.85. The molecule has 0 amide bonds. The zero-order valence-corrected chi connectivity index (χ0v) is 13.2. The number of unbranched alkanes of at least 4 members (excludes halogenated alkanes) is 3. The molecule has 1 unspecified atom stereocenters. The molecule has 18 heavy (non-hydrogen) atoms. The summed E-state index contributed by atoms with van der Waals surface area (Å²) >= 11 is 1.88. The lowest BCUT2D eigenvalue weighted by molar-refractivity contribution is 0.479.